The van der Waals surface area contributed by atoms with Crippen LogP contribution in [-0.4, -0.2) is 28.9 Å². The average molecular weight is 355 g/mol. The summed E-state index contributed by atoms with van der Waals surface area (Å²) in [6.07, 6.45) is 4.72. The van der Waals surface area contributed by atoms with Gasteiger partial charge in [0.15, 0.2) is 0 Å². The number of likely N-dealkylation sites (N-methyl/N-ethyl adjacent to an activating group) is 1. The molecule has 0 spiro atoms. The SMILES string of the molecule is CN(C(=O)c1cnc(-c2ccsc2)s1)[C@@H]1CCc2ccccc2C1. The molecule has 0 unspecified atom stereocenters. The van der Waals surface area contributed by atoms with E-state index in [2.05, 4.69) is 34.6 Å². The van der Waals surface area contributed by atoms with Gasteiger partial charge in [-0.05, 0) is 41.8 Å². The maximum atomic E-state index is 12.8. The van der Waals surface area contributed by atoms with Crippen molar-refractivity contribution in [2.45, 2.75) is 25.3 Å². The Morgan fingerprint density at radius 2 is 2.08 bits per heavy atom. The first-order chi connectivity index (χ1) is 11.7. The molecule has 0 bridgehead atoms. The predicted molar refractivity (Wildman–Crippen MR) is 99.8 cm³/mol. The summed E-state index contributed by atoms with van der Waals surface area (Å²) in [5.41, 5.74) is 3.89. The van der Waals surface area contributed by atoms with Gasteiger partial charge < -0.3 is 4.90 Å². The Hall–Kier alpha value is -1.98. The lowest BCUT2D eigenvalue weighted by Crippen LogP contribution is -2.40. The highest BCUT2D eigenvalue weighted by Crippen LogP contribution is 2.29. The maximum Gasteiger partial charge on any atom is 0.265 e. The molecule has 24 heavy (non-hydrogen) atoms. The van der Waals surface area contributed by atoms with Crippen LogP contribution in [0.3, 0.4) is 0 Å². The number of carbonyl (C=O) groups excluding carboxylic acids is 1. The van der Waals surface area contributed by atoms with Crippen molar-refractivity contribution in [3.8, 4) is 10.6 Å². The zero-order chi connectivity index (χ0) is 16.5. The Kier molecular flexibility index (Phi) is 4.21. The van der Waals surface area contributed by atoms with Crippen LogP contribution >= 0.6 is 22.7 Å². The maximum absolute atomic E-state index is 12.8. The molecule has 0 fully saturated rings. The van der Waals surface area contributed by atoms with Gasteiger partial charge in [0.1, 0.15) is 9.88 Å². The van der Waals surface area contributed by atoms with Crippen molar-refractivity contribution in [3.05, 3.63) is 63.3 Å². The Morgan fingerprint density at radius 1 is 1.25 bits per heavy atom. The summed E-state index contributed by atoms with van der Waals surface area (Å²) in [6, 6.07) is 10.9. The molecule has 0 aliphatic heterocycles. The lowest BCUT2D eigenvalue weighted by molar-refractivity contribution is 0.0723. The zero-order valence-corrected chi connectivity index (χ0v) is 15.1. The topological polar surface area (TPSA) is 33.2 Å². The van der Waals surface area contributed by atoms with Crippen LogP contribution in [0.5, 0.6) is 0 Å². The molecule has 4 rings (SSSR count). The summed E-state index contributed by atoms with van der Waals surface area (Å²) in [5.74, 6) is 0.0818. The summed E-state index contributed by atoms with van der Waals surface area (Å²) in [4.78, 5) is 19.9. The number of aryl methyl sites for hydroxylation is 1. The molecule has 3 nitrogen and oxygen atoms in total. The van der Waals surface area contributed by atoms with Crippen molar-refractivity contribution in [2.24, 2.45) is 0 Å². The van der Waals surface area contributed by atoms with E-state index < -0.39 is 0 Å². The van der Waals surface area contributed by atoms with E-state index in [4.69, 9.17) is 0 Å². The second-order valence-corrected chi connectivity index (χ2v) is 7.93. The van der Waals surface area contributed by atoms with Gasteiger partial charge in [0.05, 0.1) is 6.20 Å². The molecule has 2 aromatic heterocycles. The molecular weight excluding hydrogens is 336 g/mol. The van der Waals surface area contributed by atoms with Crippen LogP contribution in [0, 0.1) is 0 Å². The van der Waals surface area contributed by atoms with Gasteiger partial charge in [-0.2, -0.15) is 11.3 Å². The van der Waals surface area contributed by atoms with Crippen molar-refractivity contribution in [2.75, 3.05) is 7.05 Å². The number of amides is 1. The van der Waals surface area contributed by atoms with Gasteiger partial charge in [-0.25, -0.2) is 4.98 Å². The van der Waals surface area contributed by atoms with E-state index in [1.807, 2.05) is 23.4 Å². The number of thiophene rings is 1. The molecule has 0 saturated carbocycles. The molecule has 1 aliphatic rings. The number of rotatable bonds is 3. The van der Waals surface area contributed by atoms with E-state index >= 15 is 0 Å². The van der Waals surface area contributed by atoms with E-state index in [0.29, 0.717) is 0 Å². The molecule has 122 valence electrons. The van der Waals surface area contributed by atoms with Crippen LogP contribution in [0.15, 0.2) is 47.3 Å². The first kappa shape index (κ1) is 15.5. The van der Waals surface area contributed by atoms with E-state index in [9.17, 15) is 4.79 Å². The van der Waals surface area contributed by atoms with Gasteiger partial charge in [0, 0.05) is 24.0 Å². The lowest BCUT2D eigenvalue weighted by atomic mass is 9.87. The molecule has 2 heterocycles. The van der Waals surface area contributed by atoms with Crippen molar-refractivity contribution < 1.29 is 4.79 Å². The highest BCUT2D eigenvalue weighted by Gasteiger charge is 2.26. The molecule has 1 aromatic carbocycles. The highest BCUT2D eigenvalue weighted by atomic mass is 32.1. The highest BCUT2D eigenvalue weighted by molar-refractivity contribution is 7.17. The molecule has 0 saturated heterocycles. The molecule has 3 aromatic rings. The molecule has 5 heteroatoms. The number of thiazole rings is 1. The molecule has 1 atom stereocenters. The number of fused-ring (bicyclic) bond motifs is 1. The van der Waals surface area contributed by atoms with Gasteiger partial charge in [0.25, 0.3) is 5.91 Å². The standard InChI is InChI=1S/C19H18N2OS2/c1-21(16-7-6-13-4-2-3-5-14(13)10-16)19(22)17-11-20-18(24-17)15-8-9-23-12-15/h2-5,8-9,11-12,16H,6-7,10H2,1H3/t16-/m1/s1. The third kappa shape index (κ3) is 2.89. The summed E-state index contributed by atoms with van der Waals surface area (Å²) in [7, 11) is 1.92. The zero-order valence-electron chi connectivity index (χ0n) is 13.4. The Labute approximate surface area is 149 Å². The fourth-order valence-corrected chi connectivity index (χ4v) is 4.85. The summed E-state index contributed by atoms with van der Waals surface area (Å²) < 4.78 is 0. The fourth-order valence-electron chi connectivity index (χ4n) is 3.24. The van der Waals surface area contributed by atoms with Crippen molar-refractivity contribution in [1.29, 1.82) is 0 Å². The molecule has 0 N–H and O–H groups in total. The number of benzene rings is 1. The van der Waals surface area contributed by atoms with Crippen LogP contribution in [0.25, 0.3) is 10.6 Å². The molecule has 0 radical (unpaired) electrons. The fraction of sp³-hybridized carbons (Fsp3) is 0.263. The molecule has 1 aliphatic carbocycles. The van der Waals surface area contributed by atoms with E-state index in [1.54, 1.807) is 17.5 Å². The normalized spacial score (nSPS) is 16.6. The van der Waals surface area contributed by atoms with E-state index in [1.165, 1.54) is 22.5 Å². The quantitative estimate of drug-likeness (QED) is 0.694. The van der Waals surface area contributed by atoms with Crippen molar-refractivity contribution >= 4 is 28.6 Å². The third-order valence-electron chi connectivity index (χ3n) is 4.67. The van der Waals surface area contributed by atoms with Crippen LogP contribution < -0.4 is 0 Å². The Bertz CT molecular complexity index is 854. The number of nitrogens with zero attached hydrogens (tertiary/aromatic N) is 2. The minimum absolute atomic E-state index is 0.0818. The van der Waals surface area contributed by atoms with Crippen LogP contribution in [0.4, 0.5) is 0 Å². The van der Waals surface area contributed by atoms with Gasteiger partial charge >= 0.3 is 0 Å². The molecular formula is C19H18N2OS2. The Morgan fingerprint density at radius 3 is 2.88 bits per heavy atom. The first-order valence-corrected chi connectivity index (χ1v) is 9.80. The minimum atomic E-state index is 0.0818. The largest absolute Gasteiger partial charge is 0.338 e. The molecule has 1 amide bonds. The van der Waals surface area contributed by atoms with E-state index in [-0.39, 0.29) is 11.9 Å². The van der Waals surface area contributed by atoms with Gasteiger partial charge in [0.2, 0.25) is 0 Å². The average Bonchev–Trinajstić information content (AvgIpc) is 3.31. The predicted octanol–water partition coefficient (Wildman–Crippen LogP) is 4.50. The van der Waals surface area contributed by atoms with Crippen LogP contribution in [0.1, 0.15) is 27.2 Å². The van der Waals surface area contributed by atoms with Crippen molar-refractivity contribution in [3.63, 3.8) is 0 Å². The number of carbonyl (C=O) groups is 1. The number of hydrogen-bond donors (Lipinski definition) is 0. The second kappa shape index (κ2) is 6.49. The minimum Gasteiger partial charge on any atom is -0.338 e. The monoisotopic (exact) mass is 354 g/mol. The van der Waals surface area contributed by atoms with Gasteiger partial charge in [-0.1, -0.05) is 24.3 Å². The van der Waals surface area contributed by atoms with Crippen LogP contribution in [-0.2, 0) is 12.8 Å². The van der Waals surface area contributed by atoms with Crippen LogP contribution in [0.2, 0.25) is 0 Å². The summed E-state index contributed by atoms with van der Waals surface area (Å²) in [5, 5.41) is 5.01. The lowest BCUT2D eigenvalue weighted by Gasteiger charge is -2.32. The van der Waals surface area contributed by atoms with Gasteiger partial charge in [-0.15, -0.1) is 11.3 Å². The first-order valence-electron chi connectivity index (χ1n) is 8.04. The summed E-state index contributed by atoms with van der Waals surface area (Å²) >= 11 is 3.13. The number of aromatic nitrogens is 1. The van der Waals surface area contributed by atoms with Crippen molar-refractivity contribution in [1.82, 2.24) is 9.88 Å². The van der Waals surface area contributed by atoms with E-state index in [0.717, 1.165) is 34.7 Å². The summed E-state index contributed by atoms with van der Waals surface area (Å²) in [6.45, 7) is 0. The Balaban J connectivity index is 1.51. The smallest absolute Gasteiger partial charge is 0.265 e. The number of hydrogen-bond acceptors (Lipinski definition) is 4. The van der Waals surface area contributed by atoms with Gasteiger partial charge in [-0.3, -0.25) is 4.79 Å². The second-order valence-electron chi connectivity index (χ2n) is 6.12. The third-order valence-corrected chi connectivity index (χ3v) is 6.39.